The number of pyridine rings is 1. The first-order valence-corrected chi connectivity index (χ1v) is 11.0. The minimum atomic E-state index is -0.146. The quantitative estimate of drug-likeness (QED) is 0.771. The number of hydrogen-bond acceptors (Lipinski definition) is 4. The minimum Gasteiger partial charge on any atom is -0.353 e. The first-order valence-electron chi connectivity index (χ1n) is 10.0. The third-order valence-corrected chi connectivity index (χ3v) is 6.14. The molecule has 2 heterocycles. The van der Waals surface area contributed by atoms with E-state index in [0.29, 0.717) is 25.6 Å². The molecule has 1 aliphatic carbocycles. The lowest BCUT2D eigenvalue weighted by Crippen LogP contribution is -2.45. The highest BCUT2D eigenvalue weighted by Crippen LogP contribution is 2.36. The summed E-state index contributed by atoms with van der Waals surface area (Å²) >= 11 is 1.69. The summed E-state index contributed by atoms with van der Waals surface area (Å²) in [6, 6.07) is 2.16. The lowest BCUT2D eigenvalue weighted by Gasteiger charge is -2.30. The van der Waals surface area contributed by atoms with E-state index in [9.17, 15) is 9.59 Å². The molecule has 0 saturated heterocycles. The summed E-state index contributed by atoms with van der Waals surface area (Å²) in [6.45, 7) is 5.00. The summed E-state index contributed by atoms with van der Waals surface area (Å²) < 4.78 is 0. The first-order chi connectivity index (χ1) is 13.0. The summed E-state index contributed by atoms with van der Waals surface area (Å²) in [6.07, 6.45) is 7.40. The molecule has 27 heavy (non-hydrogen) atoms. The predicted molar refractivity (Wildman–Crippen MR) is 109 cm³/mol. The third-order valence-electron chi connectivity index (χ3n) is 5.20. The van der Waals surface area contributed by atoms with Crippen molar-refractivity contribution < 1.29 is 9.59 Å². The highest BCUT2D eigenvalue weighted by molar-refractivity contribution is 7.99. The molecule has 0 aromatic carbocycles. The Hall–Kier alpha value is -1.76. The SMILES string of the molecule is Cc1cc(C)c2c(n1)SCCN2C(=O)NCCC(=O)NC1CCCCCC1. The van der Waals surface area contributed by atoms with Crippen molar-refractivity contribution in [2.75, 3.05) is 23.7 Å². The van der Waals surface area contributed by atoms with Crippen molar-refractivity contribution in [3.63, 3.8) is 0 Å². The molecule has 3 amide bonds. The predicted octanol–water partition coefficient (Wildman–Crippen LogP) is 3.55. The van der Waals surface area contributed by atoms with E-state index < -0.39 is 0 Å². The monoisotopic (exact) mass is 390 g/mol. The molecule has 2 N–H and O–H groups in total. The number of carbonyl (C=O) groups is 2. The van der Waals surface area contributed by atoms with E-state index in [0.717, 1.165) is 40.6 Å². The zero-order chi connectivity index (χ0) is 19.2. The van der Waals surface area contributed by atoms with Crippen LogP contribution < -0.4 is 15.5 Å². The standard InChI is InChI=1S/C20H30N4O2S/c1-14-13-15(2)22-19-18(14)24(11-12-27-19)20(26)21-10-9-17(25)23-16-7-5-3-4-6-8-16/h13,16H,3-12H2,1-2H3,(H,21,26)(H,23,25). The molecule has 7 heteroatoms. The average molecular weight is 391 g/mol. The van der Waals surface area contributed by atoms with Crippen LogP contribution in [-0.4, -0.2) is 41.8 Å². The number of amides is 3. The fourth-order valence-electron chi connectivity index (χ4n) is 3.88. The molecule has 3 rings (SSSR count). The second-order valence-electron chi connectivity index (χ2n) is 7.47. The van der Waals surface area contributed by atoms with Crippen LogP contribution in [0.25, 0.3) is 0 Å². The molecule has 0 unspecified atom stereocenters. The van der Waals surface area contributed by atoms with Crippen molar-refractivity contribution >= 4 is 29.4 Å². The Balaban J connectivity index is 1.49. The molecule has 2 aliphatic rings. The van der Waals surface area contributed by atoms with Crippen LogP contribution in [-0.2, 0) is 4.79 Å². The van der Waals surface area contributed by atoms with E-state index in [1.165, 1.54) is 25.7 Å². The van der Waals surface area contributed by atoms with Crippen molar-refractivity contribution in [2.45, 2.75) is 69.9 Å². The molecule has 0 spiro atoms. The van der Waals surface area contributed by atoms with Gasteiger partial charge in [0.25, 0.3) is 0 Å². The van der Waals surface area contributed by atoms with Gasteiger partial charge in [-0.2, -0.15) is 0 Å². The molecule has 1 aromatic heterocycles. The van der Waals surface area contributed by atoms with Crippen molar-refractivity contribution in [3.8, 4) is 0 Å². The fourth-order valence-corrected chi connectivity index (χ4v) is 4.96. The molecule has 0 bridgehead atoms. The number of aryl methyl sites for hydroxylation is 2. The molecule has 1 saturated carbocycles. The molecule has 1 aromatic rings. The van der Waals surface area contributed by atoms with E-state index in [2.05, 4.69) is 15.6 Å². The van der Waals surface area contributed by atoms with Gasteiger partial charge < -0.3 is 10.6 Å². The number of nitrogens with zero attached hydrogens (tertiary/aromatic N) is 2. The van der Waals surface area contributed by atoms with Gasteiger partial charge in [-0.15, -0.1) is 11.8 Å². The number of nitrogens with one attached hydrogen (secondary N) is 2. The number of carbonyl (C=O) groups excluding carboxylic acids is 2. The maximum Gasteiger partial charge on any atom is 0.322 e. The Morgan fingerprint density at radius 1 is 1.22 bits per heavy atom. The molecular formula is C20H30N4O2S. The largest absolute Gasteiger partial charge is 0.353 e. The van der Waals surface area contributed by atoms with Gasteiger partial charge in [0.2, 0.25) is 5.91 Å². The van der Waals surface area contributed by atoms with E-state index in [1.807, 2.05) is 19.9 Å². The van der Waals surface area contributed by atoms with Crippen LogP contribution in [0.3, 0.4) is 0 Å². The van der Waals surface area contributed by atoms with Gasteiger partial charge in [0, 0.05) is 37.0 Å². The van der Waals surface area contributed by atoms with E-state index in [-0.39, 0.29) is 11.9 Å². The Kier molecular flexibility index (Phi) is 6.99. The lowest BCUT2D eigenvalue weighted by atomic mass is 10.1. The average Bonchev–Trinajstić information content (AvgIpc) is 2.89. The number of fused-ring (bicyclic) bond motifs is 1. The Bertz CT molecular complexity index is 687. The molecule has 6 nitrogen and oxygen atoms in total. The second-order valence-corrected chi connectivity index (χ2v) is 8.56. The van der Waals surface area contributed by atoms with Crippen LogP contribution in [0.2, 0.25) is 0 Å². The topological polar surface area (TPSA) is 74.3 Å². The fraction of sp³-hybridized carbons (Fsp3) is 0.650. The van der Waals surface area contributed by atoms with Gasteiger partial charge in [-0.25, -0.2) is 9.78 Å². The van der Waals surface area contributed by atoms with Gasteiger partial charge in [0.1, 0.15) is 5.03 Å². The van der Waals surface area contributed by atoms with Crippen molar-refractivity contribution in [3.05, 3.63) is 17.3 Å². The van der Waals surface area contributed by atoms with E-state index in [1.54, 1.807) is 16.7 Å². The van der Waals surface area contributed by atoms with Crippen LogP contribution in [0.5, 0.6) is 0 Å². The Labute approximate surface area is 165 Å². The molecule has 1 aliphatic heterocycles. The molecule has 0 atom stereocenters. The van der Waals surface area contributed by atoms with Gasteiger partial charge in [-0.3, -0.25) is 9.69 Å². The van der Waals surface area contributed by atoms with Gasteiger partial charge in [-0.1, -0.05) is 25.7 Å². The number of aromatic nitrogens is 1. The summed E-state index contributed by atoms with van der Waals surface area (Å²) in [4.78, 5) is 31.2. The molecule has 148 valence electrons. The summed E-state index contributed by atoms with van der Waals surface area (Å²) in [5.41, 5.74) is 2.93. The van der Waals surface area contributed by atoms with Gasteiger partial charge >= 0.3 is 6.03 Å². The van der Waals surface area contributed by atoms with Crippen LogP contribution in [0, 0.1) is 13.8 Å². The third kappa shape index (κ3) is 5.37. The van der Waals surface area contributed by atoms with Gasteiger partial charge in [-0.05, 0) is 38.3 Å². The summed E-state index contributed by atoms with van der Waals surface area (Å²) in [7, 11) is 0. The van der Waals surface area contributed by atoms with Gasteiger partial charge in [0.05, 0.1) is 5.69 Å². The Morgan fingerprint density at radius 3 is 2.70 bits per heavy atom. The number of rotatable bonds is 4. The smallest absolute Gasteiger partial charge is 0.322 e. The maximum atomic E-state index is 12.7. The van der Waals surface area contributed by atoms with Crippen LogP contribution >= 0.6 is 11.8 Å². The second kappa shape index (κ2) is 9.44. The number of thioether (sulfide) groups is 1. The minimum absolute atomic E-state index is 0.0327. The van der Waals surface area contributed by atoms with Crippen LogP contribution in [0.1, 0.15) is 56.2 Å². The van der Waals surface area contributed by atoms with E-state index in [4.69, 9.17) is 0 Å². The first kappa shape index (κ1) is 20.0. The maximum absolute atomic E-state index is 12.7. The van der Waals surface area contributed by atoms with Crippen molar-refractivity contribution in [2.24, 2.45) is 0 Å². The van der Waals surface area contributed by atoms with Crippen LogP contribution in [0.4, 0.5) is 10.5 Å². The number of anilines is 1. The molecular weight excluding hydrogens is 360 g/mol. The number of urea groups is 1. The summed E-state index contributed by atoms with van der Waals surface area (Å²) in [5, 5.41) is 6.95. The molecule has 0 radical (unpaired) electrons. The highest BCUT2D eigenvalue weighted by atomic mass is 32.2. The zero-order valence-electron chi connectivity index (χ0n) is 16.3. The number of hydrogen-bond donors (Lipinski definition) is 2. The van der Waals surface area contributed by atoms with Crippen molar-refractivity contribution in [1.82, 2.24) is 15.6 Å². The normalized spacial score (nSPS) is 17.8. The van der Waals surface area contributed by atoms with Crippen LogP contribution in [0.15, 0.2) is 11.1 Å². The van der Waals surface area contributed by atoms with Crippen molar-refractivity contribution in [1.29, 1.82) is 0 Å². The zero-order valence-corrected chi connectivity index (χ0v) is 17.2. The molecule has 1 fully saturated rings. The Morgan fingerprint density at radius 2 is 1.96 bits per heavy atom. The van der Waals surface area contributed by atoms with Gasteiger partial charge in [0.15, 0.2) is 0 Å². The summed E-state index contributed by atoms with van der Waals surface area (Å²) in [5.74, 6) is 0.864. The lowest BCUT2D eigenvalue weighted by molar-refractivity contribution is -0.121. The van der Waals surface area contributed by atoms with E-state index >= 15 is 0 Å². The highest BCUT2D eigenvalue weighted by Gasteiger charge is 2.26.